The smallest absolute Gasteiger partial charge is 0.407 e. The maximum atomic E-state index is 14.1. The molecule has 0 bridgehead atoms. The summed E-state index contributed by atoms with van der Waals surface area (Å²) in [6.07, 6.45) is -13.9. The topological polar surface area (TPSA) is 270 Å². The summed E-state index contributed by atoms with van der Waals surface area (Å²) in [7, 11) is 1.24. The molecule has 22 heteroatoms. The molecule has 10 atom stereocenters. The Morgan fingerprint density at radius 1 is 0.652 bits per heavy atom. The number of amides is 3. The number of hydrogen-bond donors (Lipinski definition) is 1. The minimum atomic E-state index is -1.86. The third-order valence-corrected chi connectivity index (χ3v) is 10.5. The van der Waals surface area contributed by atoms with Gasteiger partial charge < -0.3 is 52.7 Å². The van der Waals surface area contributed by atoms with Gasteiger partial charge in [-0.15, -0.1) is 0 Å². The van der Waals surface area contributed by atoms with Gasteiger partial charge in [0.1, 0.15) is 43.6 Å². The normalized spacial score (nSPS) is 25.8. The summed E-state index contributed by atoms with van der Waals surface area (Å²) in [6, 6.07) is 16.9. The Morgan fingerprint density at radius 3 is 1.77 bits per heavy atom. The molecule has 0 radical (unpaired) electrons. The molecule has 1 N–H and O–H groups in total. The average Bonchev–Trinajstić information content (AvgIpc) is 3.52. The van der Waals surface area contributed by atoms with Crippen molar-refractivity contribution >= 4 is 47.5 Å². The number of nitrogens with zero attached hydrogens (tertiary/aromatic N) is 2. The van der Waals surface area contributed by atoms with E-state index in [1.165, 1.54) is 43.5 Å². The van der Waals surface area contributed by atoms with Crippen LogP contribution in [0.25, 0.3) is 0 Å². The standard InChI is InChI=1S/C44H47N3O19/c1-23(48)59-22-33-36(61-24(2)49)38(62-25(3)50)34(45-44(54)60-20-28-15-17-29(18-16-28)47(55)56)42(64-33)66-37-32(21-58-19-27-11-7-6-8-12-27)65-43(57-5)35(39(37)63-26(4)51)46-40(52)30-13-9-10-14-31(30)41(46)53/h6-18,32-39,42-43H,19-22H2,1-5H3,(H,45,54)/t32-,33-,34-,35-,36+,37-,38-,39-,42+,43-/m1/s1. The van der Waals surface area contributed by atoms with Gasteiger partial charge in [0.25, 0.3) is 17.5 Å². The van der Waals surface area contributed by atoms with E-state index in [0.29, 0.717) is 5.56 Å². The van der Waals surface area contributed by atoms with Gasteiger partial charge in [-0.05, 0) is 35.4 Å². The average molecular weight is 922 g/mol. The molecule has 3 aliphatic rings. The van der Waals surface area contributed by atoms with Crippen LogP contribution in [0.15, 0.2) is 78.9 Å². The second kappa shape index (κ2) is 21.9. The van der Waals surface area contributed by atoms with Gasteiger partial charge in [-0.2, -0.15) is 0 Å². The summed E-state index contributed by atoms with van der Waals surface area (Å²) in [5, 5.41) is 13.7. The number of carbonyl (C=O) groups excluding carboxylic acids is 7. The van der Waals surface area contributed by atoms with Crippen LogP contribution in [0.1, 0.15) is 59.5 Å². The molecule has 3 heterocycles. The lowest BCUT2D eigenvalue weighted by Crippen LogP contribution is -2.71. The van der Waals surface area contributed by atoms with Crippen molar-refractivity contribution < 1.29 is 85.9 Å². The fourth-order valence-electron chi connectivity index (χ4n) is 7.70. The first-order chi connectivity index (χ1) is 31.6. The molecule has 0 spiro atoms. The predicted octanol–water partition coefficient (Wildman–Crippen LogP) is 2.91. The number of benzene rings is 3. The zero-order valence-electron chi connectivity index (χ0n) is 36.3. The van der Waals surface area contributed by atoms with E-state index in [1.807, 2.05) is 6.07 Å². The Kier molecular flexibility index (Phi) is 16.1. The number of alkyl carbamates (subject to hydrolysis) is 1. The summed E-state index contributed by atoms with van der Waals surface area (Å²) in [6.45, 7) is 2.93. The van der Waals surface area contributed by atoms with Crippen LogP contribution < -0.4 is 5.32 Å². The molecular formula is C44H47N3O19. The highest BCUT2D eigenvalue weighted by Crippen LogP contribution is 2.38. The summed E-state index contributed by atoms with van der Waals surface area (Å²) in [4.78, 5) is 104. The molecule has 22 nitrogen and oxygen atoms in total. The van der Waals surface area contributed by atoms with Crippen molar-refractivity contribution in [3.8, 4) is 0 Å². The minimum Gasteiger partial charge on any atom is -0.463 e. The van der Waals surface area contributed by atoms with Crippen LogP contribution in [-0.2, 0) is 79.8 Å². The fourth-order valence-corrected chi connectivity index (χ4v) is 7.70. The Morgan fingerprint density at radius 2 is 1.20 bits per heavy atom. The summed E-state index contributed by atoms with van der Waals surface area (Å²) in [5.41, 5.74) is 0.983. The molecule has 3 aromatic carbocycles. The molecule has 352 valence electrons. The van der Waals surface area contributed by atoms with Crippen LogP contribution in [0.5, 0.6) is 0 Å². The van der Waals surface area contributed by atoms with Crippen LogP contribution >= 0.6 is 0 Å². The molecule has 3 amide bonds. The number of non-ortho nitro benzene ring substituents is 1. The lowest BCUT2D eigenvalue weighted by Gasteiger charge is -2.50. The van der Waals surface area contributed by atoms with Crippen molar-refractivity contribution in [3.63, 3.8) is 0 Å². The first kappa shape index (κ1) is 48.6. The Bertz CT molecular complexity index is 2240. The Labute approximate surface area is 376 Å². The third kappa shape index (κ3) is 11.7. The van der Waals surface area contributed by atoms with Crippen LogP contribution in [-0.4, -0.2) is 133 Å². The van der Waals surface area contributed by atoms with E-state index in [9.17, 15) is 43.7 Å². The van der Waals surface area contributed by atoms with E-state index >= 15 is 0 Å². The van der Waals surface area contributed by atoms with Crippen molar-refractivity contribution in [2.24, 2.45) is 0 Å². The quantitative estimate of drug-likeness (QED) is 0.0670. The number of hydrogen-bond acceptors (Lipinski definition) is 19. The molecule has 0 aromatic heterocycles. The van der Waals surface area contributed by atoms with E-state index in [2.05, 4.69) is 5.32 Å². The highest BCUT2D eigenvalue weighted by Gasteiger charge is 2.59. The molecular weight excluding hydrogens is 874 g/mol. The zero-order valence-corrected chi connectivity index (χ0v) is 36.3. The van der Waals surface area contributed by atoms with Crippen molar-refractivity contribution in [3.05, 3.63) is 111 Å². The SMILES string of the molecule is CO[C@@H]1O[C@H](COCc2ccccc2)[C@@H](O[C@@H]2O[C@H](COC(C)=O)[C@H](OC(C)=O)[C@H](OC(C)=O)[C@H]2NC(=O)OCc2ccc([N+](=O)[O-])cc2)[C@H](OC(C)=O)[C@H]1N1C(=O)c2ccccc2C1=O. The van der Waals surface area contributed by atoms with Gasteiger partial charge in [0.05, 0.1) is 29.3 Å². The fraction of sp³-hybridized carbons (Fsp3) is 0.432. The van der Waals surface area contributed by atoms with Crippen molar-refractivity contribution in [1.82, 2.24) is 10.2 Å². The van der Waals surface area contributed by atoms with Crippen LogP contribution in [0.3, 0.4) is 0 Å². The lowest BCUT2D eigenvalue weighted by atomic mass is 9.93. The van der Waals surface area contributed by atoms with Crippen LogP contribution in [0.2, 0.25) is 0 Å². The number of carbonyl (C=O) groups is 7. The molecule has 3 aromatic rings. The van der Waals surface area contributed by atoms with Crippen molar-refractivity contribution in [1.29, 1.82) is 0 Å². The number of nitro benzene ring substituents is 1. The highest BCUT2D eigenvalue weighted by molar-refractivity contribution is 6.21. The second-order valence-corrected chi connectivity index (χ2v) is 15.1. The number of nitrogens with one attached hydrogen (secondary N) is 1. The first-order valence-corrected chi connectivity index (χ1v) is 20.5. The van der Waals surface area contributed by atoms with Crippen LogP contribution in [0, 0.1) is 10.1 Å². The van der Waals surface area contributed by atoms with Gasteiger partial charge in [0, 0.05) is 46.9 Å². The van der Waals surface area contributed by atoms with E-state index in [0.717, 1.165) is 38.2 Å². The van der Waals surface area contributed by atoms with Crippen LogP contribution in [0.4, 0.5) is 10.5 Å². The minimum absolute atomic E-state index is 0.0406. The molecule has 6 rings (SSSR count). The summed E-state index contributed by atoms with van der Waals surface area (Å²) < 4.78 is 59.2. The largest absolute Gasteiger partial charge is 0.463 e. The molecule has 2 saturated heterocycles. The molecule has 0 unspecified atom stereocenters. The van der Waals surface area contributed by atoms with E-state index < -0.39 is 121 Å². The first-order valence-electron chi connectivity index (χ1n) is 20.5. The molecule has 0 saturated carbocycles. The summed E-state index contributed by atoms with van der Waals surface area (Å²) in [5.74, 6) is -5.05. The third-order valence-electron chi connectivity index (χ3n) is 10.5. The molecule has 66 heavy (non-hydrogen) atoms. The van der Waals surface area contributed by atoms with Gasteiger partial charge in [-0.3, -0.25) is 43.8 Å². The number of methoxy groups -OCH3 is 1. The van der Waals surface area contributed by atoms with Crippen molar-refractivity contribution in [2.45, 2.75) is 102 Å². The second-order valence-electron chi connectivity index (χ2n) is 15.1. The predicted molar refractivity (Wildman–Crippen MR) is 220 cm³/mol. The molecule has 0 aliphatic carbocycles. The van der Waals surface area contributed by atoms with Gasteiger partial charge >= 0.3 is 30.0 Å². The lowest BCUT2D eigenvalue weighted by molar-refractivity contribution is -0.384. The summed E-state index contributed by atoms with van der Waals surface area (Å²) >= 11 is 0. The number of nitro groups is 1. The Balaban J connectivity index is 1.43. The van der Waals surface area contributed by atoms with Gasteiger partial charge in [0.15, 0.2) is 30.9 Å². The van der Waals surface area contributed by atoms with Gasteiger partial charge in [-0.25, -0.2) is 4.79 Å². The number of fused-ring (bicyclic) bond motifs is 1. The highest BCUT2D eigenvalue weighted by atomic mass is 16.7. The maximum Gasteiger partial charge on any atom is 0.407 e. The van der Waals surface area contributed by atoms with E-state index in [-0.39, 0.29) is 30.0 Å². The Hall–Kier alpha value is -6.85. The zero-order chi connectivity index (χ0) is 47.7. The molecule has 2 fully saturated rings. The van der Waals surface area contributed by atoms with E-state index in [1.54, 1.807) is 36.4 Å². The number of rotatable bonds is 17. The van der Waals surface area contributed by atoms with Crippen molar-refractivity contribution in [2.75, 3.05) is 20.3 Å². The maximum absolute atomic E-state index is 14.1. The van der Waals surface area contributed by atoms with Gasteiger partial charge in [-0.1, -0.05) is 42.5 Å². The number of imide groups is 1. The number of esters is 4. The van der Waals surface area contributed by atoms with E-state index in [4.69, 9.17) is 47.4 Å². The van der Waals surface area contributed by atoms with Gasteiger partial charge in [0.2, 0.25) is 0 Å². The number of ether oxygens (including phenoxy) is 10. The monoisotopic (exact) mass is 921 g/mol. The molecule has 3 aliphatic heterocycles.